The van der Waals surface area contributed by atoms with Crippen LogP contribution >= 0.6 is 23.2 Å². The van der Waals surface area contributed by atoms with Crippen molar-refractivity contribution in [1.29, 1.82) is 0 Å². The van der Waals surface area contributed by atoms with Gasteiger partial charge < -0.3 is 5.32 Å². The maximum atomic E-state index is 12.4. The van der Waals surface area contributed by atoms with Gasteiger partial charge in [-0.25, -0.2) is 8.42 Å². The molecule has 3 rings (SSSR count). The molecule has 0 radical (unpaired) electrons. The summed E-state index contributed by atoms with van der Waals surface area (Å²) in [5.74, 6) is -0.353. The smallest absolute Gasteiger partial charge is 0.261 e. The molecular weight excluding hydrogens is 443 g/mol. The lowest BCUT2D eigenvalue weighted by Gasteiger charge is -2.09. The van der Waals surface area contributed by atoms with Crippen molar-refractivity contribution in [2.75, 3.05) is 10.0 Å². The second kappa shape index (κ2) is 9.34. The molecule has 0 aliphatic carbocycles. The van der Waals surface area contributed by atoms with E-state index in [9.17, 15) is 13.2 Å². The molecule has 0 saturated carbocycles. The van der Waals surface area contributed by atoms with Crippen LogP contribution in [0.15, 0.2) is 77.7 Å². The minimum absolute atomic E-state index is 0.177. The quantitative estimate of drug-likeness (QED) is 0.459. The molecule has 2 N–H and O–H groups in total. The lowest BCUT2D eigenvalue weighted by Crippen LogP contribution is -2.13. The molecule has 8 heteroatoms. The average molecular weight is 461 g/mol. The van der Waals surface area contributed by atoms with Gasteiger partial charge in [0, 0.05) is 27.5 Å². The zero-order valence-electron chi connectivity index (χ0n) is 15.9. The Morgan fingerprint density at radius 3 is 2.17 bits per heavy atom. The molecule has 0 heterocycles. The summed E-state index contributed by atoms with van der Waals surface area (Å²) in [5.41, 5.74) is 2.54. The van der Waals surface area contributed by atoms with Crippen LogP contribution in [0.1, 0.15) is 11.1 Å². The van der Waals surface area contributed by atoms with E-state index >= 15 is 0 Å². The first-order chi connectivity index (χ1) is 14.2. The highest BCUT2D eigenvalue weighted by atomic mass is 35.5. The van der Waals surface area contributed by atoms with Crippen LogP contribution in [0.3, 0.4) is 0 Å². The minimum atomic E-state index is -3.68. The number of benzene rings is 3. The maximum absolute atomic E-state index is 12.4. The third kappa shape index (κ3) is 5.86. The highest BCUT2D eigenvalue weighted by Gasteiger charge is 2.13. The molecular formula is C22H18Cl2N2O3S. The topological polar surface area (TPSA) is 75.3 Å². The minimum Gasteiger partial charge on any atom is -0.323 e. The molecule has 0 aliphatic rings. The molecule has 3 aromatic rings. The first-order valence-electron chi connectivity index (χ1n) is 8.87. The normalized spacial score (nSPS) is 11.4. The summed E-state index contributed by atoms with van der Waals surface area (Å²) in [4.78, 5) is 12.3. The summed E-state index contributed by atoms with van der Waals surface area (Å²) >= 11 is 11.9. The van der Waals surface area contributed by atoms with E-state index in [1.54, 1.807) is 72.8 Å². The van der Waals surface area contributed by atoms with Gasteiger partial charge in [0.05, 0.1) is 4.90 Å². The average Bonchev–Trinajstić information content (AvgIpc) is 2.69. The Kier molecular flexibility index (Phi) is 6.82. The second-order valence-corrected chi connectivity index (χ2v) is 9.01. The summed E-state index contributed by atoms with van der Waals surface area (Å²) in [6.45, 7) is 1.89. The lowest BCUT2D eigenvalue weighted by atomic mass is 10.2. The van der Waals surface area contributed by atoms with Crippen molar-refractivity contribution in [3.63, 3.8) is 0 Å². The molecule has 30 heavy (non-hydrogen) atoms. The summed E-state index contributed by atoms with van der Waals surface area (Å²) in [7, 11) is -3.68. The predicted molar refractivity (Wildman–Crippen MR) is 123 cm³/mol. The van der Waals surface area contributed by atoms with Gasteiger partial charge in [0.2, 0.25) is 5.91 Å². The number of nitrogens with one attached hydrogen (secondary N) is 2. The lowest BCUT2D eigenvalue weighted by molar-refractivity contribution is -0.111. The van der Waals surface area contributed by atoms with Crippen molar-refractivity contribution in [3.05, 3.63) is 94.0 Å². The van der Waals surface area contributed by atoms with Crippen molar-refractivity contribution in [3.8, 4) is 0 Å². The molecule has 0 atom stereocenters. The third-order valence-corrected chi connectivity index (χ3v) is 6.07. The molecule has 0 aliphatic heterocycles. The number of hydrogen-bond donors (Lipinski definition) is 2. The van der Waals surface area contributed by atoms with Gasteiger partial charge in [-0.3, -0.25) is 9.52 Å². The van der Waals surface area contributed by atoms with Crippen molar-refractivity contribution >= 4 is 56.6 Å². The van der Waals surface area contributed by atoms with Crippen molar-refractivity contribution < 1.29 is 13.2 Å². The van der Waals surface area contributed by atoms with Gasteiger partial charge in [0.15, 0.2) is 0 Å². The predicted octanol–water partition coefficient (Wildman–Crippen LogP) is 5.75. The number of sulfonamides is 1. The van der Waals surface area contributed by atoms with E-state index in [4.69, 9.17) is 23.2 Å². The first kappa shape index (κ1) is 21.9. The number of aryl methyl sites for hydroxylation is 1. The molecule has 5 nitrogen and oxygen atoms in total. The largest absolute Gasteiger partial charge is 0.323 e. The number of rotatable bonds is 6. The van der Waals surface area contributed by atoms with E-state index in [0.717, 1.165) is 5.56 Å². The van der Waals surface area contributed by atoms with Crippen LogP contribution in [0.4, 0.5) is 11.4 Å². The Labute approximate surface area is 185 Å². The molecule has 3 aromatic carbocycles. The molecule has 1 amide bonds. The van der Waals surface area contributed by atoms with Gasteiger partial charge in [-0.2, -0.15) is 0 Å². The molecule has 0 bridgehead atoms. The fourth-order valence-electron chi connectivity index (χ4n) is 2.54. The van der Waals surface area contributed by atoms with Crippen molar-refractivity contribution in [2.45, 2.75) is 11.8 Å². The monoisotopic (exact) mass is 460 g/mol. The number of carbonyl (C=O) groups excluding carboxylic acids is 1. The van der Waals surface area contributed by atoms with Gasteiger partial charge in [-0.1, -0.05) is 47.0 Å². The zero-order chi connectivity index (χ0) is 21.7. The number of halogens is 2. The molecule has 0 saturated heterocycles. The Hall–Kier alpha value is -2.80. The number of anilines is 2. The fraction of sp³-hybridized carbons (Fsp3) is 0.0455. The van der Waals surface area contributed by atoms with Crippen LogP contribution in [0.5, 0.6) is 0 Å². The maximum Gasteiger partial charge on any atom is 0.261 e. The van der Waals surface area contributed by atoms with Crippen LogP contribution in [-0.4, -0.2) is 14.3 Å². The Balaban J connectivity index is 1.63. The van der Waals surface area contributed by atoms with Crippen LogP contribution in [-0.2, 0) is 14.8 Å². The summed E-state index contributed by atoms with van der Waals surface area (Å²) in [5, 5.41) is 3.65. The molecule has 0 spiro atoms. The molecule has 0 fully saturated rings. The van der Waals surface area contributed by atoms with E-state index in [1.165, 1.54) is 6.08 Å². The standard InChI is InChI=1S/C22H18Cl2N2O3S/c1-15-2-11-20(12-3-15)30(28,29)26-19-9-7-18(8-10-19)25-22(27)13-5-16-4-6-17(23)14-21(16)24/h2-14,26H,1H3,(H,25,27). The van der Waals surface area contributed by atoms with Crippen LogP contribution in [0.2, 0.25) is 10.0 Å². The van der Waals surface area contributed by atoms with Crippen LogP contribution in [0, 0.1) is 6.92 Å². The van der Waals surface area contributed by atoms with E-state index < -0.39 is 10.0 Å². The SMILES string of the molecule is Cc1ccc(S(=O)(=O)Nc2ccc(NC(=O)C=Cc3ccc(Cl)cc3Cl)cc2)cc1. The van der Waals surface area contributed by atoms with Gasteiger partial charge >= 0.3 is 0 Å². The zero-order valence-corrected chi connectivity index (χ0v) is 18.2. The molecule has 0 aromatic heterocycles. The van der Waals surface area contributed by atoms with E-state index in [2.05, 4.69) is 10.0 Å². The summed E-state index contributed by atoms with van der Waals surface area (Å²) < 4.78 is 27.4. The van der Waals surface area contributed by atoms with Gasteiger partial charge in [-0.15, -0.1) is 0 Å². The third-order valence-electron chi connectivity index (χ3n) is 4.11. The highest BCUT2D eigenvalue weighted by molar-refractivity contribution is 7.92. The van der Waals surface area contributed by atoms with Gasteiger partial charge in [0.25, 0.3) is 10.0 Å². The summed E-state index contributed by atoms with van der Waals surface area (Å²) in [6.07, 6.45) is 2.93. The highest BCUT2D eigenvalue weighted by Crippen LogP contribution is 2.22. The van der Waals surface area contributed by atoms with Crippen molar-refractivity contribution in [2.24, 2.45) is 0 Å². The van der Waals surface area contributed by atoms with Crippen LogP contribution in [0.25, 0.3) is 6.08 Å². The van der Waals surface area contributed by atoms with Crippen molar-refractivity contribution in [1.82, 2.24) is 0 Å². The first-order valence-corrected chi connectivity index (χ1v) is 11.1. The Bertz CT molecular complexity index is 1190. The van der Waals surface area contributed by atoms with Gasteiger partial charge in [0.1, 0.15) is 0 Å². The number of amides is 1. The number of carbonyl (C=O) groups is 1. The Morgan fingerprint density at radius 2 is 1.53 bits per heavy atom. The Morgan fingerprint density at radius 1 is 0.900 bits per heavy atom. The molecule has 0 unspecified atom stereocenters. The number of hydrogen-bond acceptors (Lipinski definition) is 3. The van der Waals surface area contributed by atoms with Crippen LogP contribution < -0.4 is 10.0 Å². The second-order valence-electron chi connectivity index (χ2n) is 6.48. The summed E-state index contributed by atoms with van der Waals surface area (Å²) in [6, 6.07) is 17.9. The van der Waals surface area contributed by atoms with E-state index in [-0.39, 0.29) is 10.8 Å². The van der Waals surface area contributed by atoms with E-state index in [0.29, 0.717) is 27.0 Å². The fourth-order valence-corrected chi connectivity index (χ4v) is 4.07. The van der Waals surface area contributed by atoms with Gasteiger partial charge in [-0.05, 0) is 67.1 Å². The molecule has 154 valence electrons. The van der Waals surface area contributed by atoms with E-state index in [1.807, 2.05) is 6.92 Å².